The van der Waals surface area contributed by atoms with Crippen LogP contribution in [0, 0.1) is 5.92 Å². The molecule has 0 bridgehead atoms. The van der Waals surface area contributed by atoms with E-state index < -0.39 is 24.5 Å². The van der Waals surface area contributed by atoms with Gasteiger partial charge in [0, 0.05) is 17.6 Å². The van der Waals surface area contributed by atoms with Crippen molar-refractivity contribution in [2.45, 2.75) is 51.5 Å². The van der Waals surface area contributed by atoms with Gasteiger partial charge in [0.2, 0.25) is 5.91 Å². The number of fused-ring (bicyclic) bond motifs is 2. The Kier molecular flexibility index (Phi) is 5.70. The third-order valence-electron chi connectivity index (χ3n) is 6.19. The lowest BCUT2D eigenvalue weighted by Gasteiger charge is -2.33. The number of carbonyl (C=O) groups excluding carboxylic acids is 3. The number of ether oxygens (including phenoxy) is 1. The molecule has 158 valence electrons. The molecule has 2 atom stereocenters. The van der Waals surface area contributed by atoms with E-state index in [9.17, 15) is 14.4 Å². The smallest absolute Gasteiger partial charge is 0.339 e. The van der Waals surface area contributed by atoms with Gasteiger partial charge in [0.05, 0.1) is 11.1 Å². The molecule has 1 saturated heterocycles. The maximum atomic E-state index is 13.1. The van der Waals surface area contributed by atoms with Crippen molar-refractivity contribution in [3.63, 3.8) is 0 Å². The largest absolute Gasteiger partial charge is 0.452 e. The molecule has 2 heterocycles. The van der Waals surface area contributed by atoms with Gasteiger partial charge < -0.3 is 15.4 Å². The van der Waals surface area contributed by atoms with E-state index in [0.717, 1.165) is 54.3 Å². The maximum Gasteiger partial charge on any atom is 0.339 e. The summed E-state index contributed by atoms with van der Waals surface area (Å²) in [6.07, 6.45) is 4.84. The van der Waals surface area contributed by atoms with Crippen LogP contribution in [0.25, 0.3) is 10.9 Å². The van der Waals surface area contributed by atoms with Gasteiger partial charge in [0.15, 0.2) is 6.61 Å². The Labute approximate surface area is 175 Å². The van der Waals surface area contributed by atoms with E-state index in [1.807, 2.05) is 24.3 Å². The van der Waals surface area contributed by atoms with E-state index >= 15 is 0 Å². The van der Waals surface area contributed by atoms with Crippen LogP contribution in [0.3, 0.4) is 0 Å². The van der Waals surface area contributed by atoms with Crippen molar-refractivity contribution in [2.24, 2.45) is 11.7 Å². The van der Waals surface area contributed by atoms with Gasteiger partial charge in [-0.3, -0.25) is 14.6 Å². The number of piperidine rings is 1. The van der Waals surface area contributed by atoms with Gasteiger partial charge in [-0.15, -0.1) is 0 Å². The summed E-state index contributed by atoms with van der Waals surface area (Å²) in [5.41, 5.74) is 8.59. The monoisotopic (exact) mass is 409 g/mol. The summed E-state index contributed by atoms with van der Waals surface area (Å²) in [4.78, 5) is 43.7. The molecule has 7 heteroatoms. The van der Waals surface area contributed by atoms with Crippen LogP contribution in [-0.2, 0) is 27.2 Å². The van der Waals surface area contributed by atoms with Crippen molar-refractivity contribution in [3.8, 4) is 0 Å². The van der Waals surface area contributed by atoms with E-state index in [1.54, 1.807) is 0 Å². The summed E-state index contributed by atoms with van der Waals surface area (Å²) in [6.45, 7) is 2.22. The minimum absolute atomic E-state index is 0.382. The molecule has 1 aliphatic heterocycles. The topological polar surface area (TPSA) is 103 Å². The standard InChI is InChI=1S/C23H27N3O4/c1-14-9-10-18-16(12-14)21(15-6-2-3-7-17(15)25-18)23(29)30-13-20(27)26-11-5-4-8-19(26)22(24)28/h2-3,6-7,14,19H,4-5,8-13H2,1H3,(H2,24,28)/t14-,19+/m0/s1. The van der Waals surface area contributed by atoms with Gasteiger partial charge in [0.25, 0.3) is 5.91 Å². The fourth-order valence-corrected chi connectivity index (χ4v) is 4.60. The predicted molar refractivity (Wildman–Crippen MR) is 112 cm³/mol. The van der Waals surface area contributed by atoms with Crippen molar-refractivity contribution in [3.05, 3.63) is 41.1 Å². The average molecular weight is 409 g/mol. The SMILES string of the molecule is C[C@H]1CCc2nc3ccccc3c(C(=O)OCC(=O)N3CCCC[C@@H]3C(N)=O)c2C1. The second kappa shape index (κ2) is 8.42. The minimum Gasteiger partial charge on any atom is -0.452 e. The zero-order valence-electron chi connectivity index (χ0n) is 17.2. The number of pyridine rings is 1. The molecule has 2 aromatic rings. The fraction of sp³-hybridized carbons (Fsp3) is 0.478. The molecule has 7 nitrogen and oxygen atoms in total. The van der Waals surface area contributed by atoms with Crippen LogP contribution in [-0.4, -0.2) is 46.9 Å². The summed E-state index contributed by atoms with van der Waals surface area (Å²) in [5.74, 6) is -0.955. The number of hydrogen-bond acceptors (Lipinski definition) is 5. The molecule has 2 amide bonds. The Bertz CT molecular complexity index is 1000. The highest BCUT2D eigenvalue weighted by atomic mass is 16.5. The van der Waals surface area contributed by atoms with Crippen LogP contribution in [0.1, 0.15) is 54.2 Å². The minimum atomic E-state index is -0.625. The van der Waals surface area contributed by atoms with E-state index in [4.69, 9.17) is 15.5 Å². The number of nitrogens with two attached hydrogens (primary N) is 1. The summed E-state index contributed by atoms with van der Waals surface area (Å²) in [5, 5.41) is 0.746. The normalized spacial score (nSPS) is 21.2. The Morgan fingerprint density at radius 1 is 1.20 bits per heavy atom. The molecule has 1 aliphatic carbocycles. The number of hydrogen-bond donors (Lipinski definition) is 1. The van der Waals surface area contributed by atoms with Gasteiger partial charge in [-0.2, -0.15) is 0 Å². The molecule has 0 radical (unpaired) electrons. The molecule has 4 rings (SSSR count). The number of nitrogens with zero attached hydrogens (tertiary/aromatic N) is 2. The first-order valence-electron chi connectivity index (χ1n) is 10.6. The molecule has 0 unspecified atom stereocenters. The van der Waals surface area contributed by atoms with E-state index in [0.29, 0.717) is 24.4 Å². The second-order valence-electron chi connectivity index (χ2n) is 8.35. The zero-order valence-corrected chi connectivity index (χ0v) is 17.2. The summed E-state index contributed by atoms with van der Waals surface area (Å²) < 4.78 is 5.47. The number of amides is 2. The first-order valence-corrected chi connectivity index (χ1v) is 10.6. The molecule has 30 heavy (non-hydrogen) atoms. The zero-order chi connectivity index (χ0) is 21.3. The number of rotatable bonds is 4. The van der Waals surface area contributed by atoms with Crippen molar-refractivity contribution in [1.82, 2.24) is 9.88 Å². The number of benzene rings is 1. The van der Waals surface area contributed by atoms with Gasteiger partial charge in [0.1, 0.15) is 6.04 Å². The highest BCUT2D eigenvalue weighted by molar-refractivity contribution is 6.05. The molecule has 0 spiro atoms. The molecular formula is C23H27N3O4. The average Bonchev–Trinajstić information content (AvgIpc) is 2.75. The van der Waals surface area contributed by atoms with Crippen molar-refractivity contribution >= 4 is 28.7 Å². The molecule has 2 N–H and O–H groups in total. The van der Waals surface area contributed by atoms with E-state index in [2.05, 4.69) is 6.92 Å². The van der Waals surface area contributed by atoms with Crippen molar-refractivity contribution < 1.29 is 19.1 Å². The lowest BCUT2D eigenvalue weighted by atomic mass is 9.84. The number of esters is 1. The number of aromatic nitrogens is 1. The van der Waals surface area contributed by atoms with Crippen molar-refractivity contribution in [1.29, 1.82) is 0 Å². The molecule has 1 fully saturated rings. The highest BCUT2D eigenvalue weighted by Crippen LogP contribution is 2.32. The first kappa shape index (κ1) is 20.3. The first-order chi connectivity index (χ1) is 14.5. The highest BCUT2D eigenvalue weighted by Gasteiger charge is 2.32. The summed E-state index contributed by atoms with van der Waals surface area (Å²) in [6, 6.07) is 6.90. The third-order valence-corrected chi connectivity index (χ3v) is 6.19. The van der Waals surface area contributed by atoms with Crippen LogP contribution in [0.15, 0.2) is 24.3 Å². The quantitative estimate of drug-likeness (QED) is 0.781. The van der Waals surface area contributed by atoms with Gasteiger partial charge >= 0.3 is 5.97 Å². The lowest BCUT2D eigenvalue weighted by Crippen LogP contribution is -2.51. The Morgan fingerprint density at radius 3 is 2.80 bits per heavy atom. The van der Waals surface area contributed by atoms with Crippen LogP contribution in [0.4, 0.5) is 0 Å². The summed E-state index contributed by atoms with van der Waals surface area (Å²) in [7, 11) is 0. The molecule has 0 saturated carbocycles. The second-order valence-corrected chi connectivity index (χ2v) is 8.35. The third kappa shape index (κ3) is 3.88. The van der Waals surface area contributed by atoms with Gasteiger partial charge in [-0.1, -0.05) is 25.1 Å². The molecule has 1 aromatic carbocycles. The van der Waals surface area contributed by atoms with Gasteiger partial charge in [-0.25, -0.2) is 4.79 Å². The number of carbonyl (C=O) groups is 3. The number of primary amides is 1. The van der Waals surface area contributed by atoms with Crippen LogP contribution < -0.4 is 5.73 Å². The summed E-state index contributed by atoms with van der Waals surface area (Å²) >= 11 is 0. The van der Waals surface area contributed by atoms with Crippen LogP contribution in [0.2, 0.25) is 0 Å². The van der Waals surface area contributed by atoms with Crippen LogP contribution >= 0.6 is 0 Å². The number of para-hydroxylation sites is 1. The molecule has 1 aromatic heterocycles. The number of likely N-dealkylation sites (tertiary alicyclic amines) is 1. The Morgan fingerprint density at radius 2 is 2.00 bits per heavy atom. The van der Waals surface area contributed by atoms with Crippen LogP contribution in [0.5, 0.6) is 0 Å². The maximum absolute atomic E-state index is 13.1. The molecular weight excluding hydrogens is 382 g/mol. The Balaban J connectivity index is 1.58. The predicted octanol–water partition coefficient (Wildman–Crippen LogP) is 2.38. The van der Waals surface area contributed by atoms with E-state index in [-0.39, 0.29) is 5.91 Å². The lowest BCUT2D eigenvalue weighted by molar-refractivity contribution is -0.143. The van der Waals surface area contributed by atoms with Gasteiger partial charge in [-0.05, 0) is 56.1 Å². The van der Waals surface area contributed by atoms with Crippen molar-refractivity contribution in [2.75, 3.05) is 13.2 Å². The molecule has 2 aliphatic rings. The number of aryl methyl sites for hydroxylation is 1. The van der Waals surface area contributed by atoms with E-state index in [1.165, 1.54) is 4.90 Å². The fourth-order valence-electron chi connectivity index (χ4n) is 4.60. The Hall–Kier alpha value is -2.96.